The number of hydrogen-bond donors (Lipinski definition) is 6. The predicted molar refractivity (Wildman–Crippen MR) is 116 cm³/mol. The molecule has 0 spiro atoms. The summed E-state index contributed by atoms with van der Waals surface area (Å²) in [5.74, 6) is -5.55. The first-order chi connectivity index (χ1) is 16.2. The molecule has 3 aromatic rings. The molecule has 0 amide bonds. The normalized spacial score (nSPS) is 12.6. The molecule has 10 nitrogen and oxygen atoms in total. The summed E-state index contributed by atoms with van der Waals surface area (Å²) < 4.78 is 10.9. The highest BCUT2D eigenvalue weighted by atomic mass is 16.5. The van der Waals surface area contributed by atoms with Crippen molar-refractivity contribution in [2.24, 2.45) is 0 Å². The zero-order valence-corrected chi connectivity index (χ0v) is 17.6. The van der Waals surface area contributed by atoms with Crippen molar-refractivity contribution in [2.75, 3.05) is 0 Å². The minimum Gasteiger partial charge on any atom is -0.504 e. The van der Waals surface area contributed by atoms with Crippen LogP contribution < -0.4 is 9.47 Å². The number of esters is 2. The van der Waals surface area contributed by atoms with E-state index in [9.17, 15) is 40.2 Å². The first-order valence-corrected chi connectivity index (χ1v) is 10.2. The molecule has 0 bridgehead atoms. The van der Waals surface area contributed by atoms with E-state index >= 15 is 0 Å². The van der Waals surface area contributed by atoms with Crippen LogP contribution in [0.4, 0.5) is 0 Å². The third kappa shape index (κ3) is 4.20. The molecule has 0 radical (unpaired) electrons. The number of aromatic hydroxyl groups is 6. The molecule has 0 aliphatic heterocycles. The van der Waals surface area contributed by atoms with Gasteiger partial charge in [0.25, 0.3) is 0 Å². The lowest BCUT2D eigenvalue weighted by Gasteiger charge is -2.22. The Hall–Kier alpha value is -4.60. The Kier molecular flexibility index (Phi) is 5.80. The maximum absolute atomic E-state index is 12.6. The molecule has 3 aromatic carbocycles. The zero-order chi connectivity index (χ0) is 24.6. The van der Waals surface area contributed by atoms with Gasteiger partial charge in [-0.3, -0.25) is 0 Å². The van der Waals surface area contributed by atoms with E-state index in [0.29, 0.717) is 24.0 Å². The summed E-state index contributed by atoms with van der Waals surface area (Å²) >= 11 is 0. The van der Waals surface area contributed by atoms with E-state index in [4.69, 9.17) is 9.47 Å². The van der Waals surface area contributed by atoms with Gasteiger partial charge >= 0.3 is 11.9 Å². The smallest absolute Gasteiger partial charge is 0.343 e. The molecular weight excluding hydrogens is 448 g/mol. The van der Waals surface area contributed by atoms with E-state index in [2.05, 4.69) is 0 Å². The average Bonchev–Trinajstić information content (AvgIpc) is 2.81. The van der Waals surface area contributed by atoms with Crippen LogP contribution in [0.15, 0.2) is 36.4 Å². The summed E-state index contributed by atoms with van der Waals surface area (Å²) in [6.07, 6.45) is 2.68. The Morgan fingerprint density at radius 2 is 0.912 bits per heavy atom. The average molecular weight is 468 g/mol. The summed E-state index contributed by atoms with van der Waals surface area (Å²) in [7, 11) is 0. The fourth-order valence-corrected chi connectivity index (χ4v) is 3.75. The number of carbonyl (C=O) groups is 2. The number of phenolic OH excluding ortho intramolecular Hbond substituents is 6. The van der Waals surface area contributed by atoms with Crippen molar-refractivity contribution in [3.8, 4) is 46.0 Å². The number of benzene rings is 3. The van der Waals surface area contributed by atoms with Crippen LogP contribution in [-0.4, -0.2) is 42.6 Å². The lowest BCUT2D eigenvalue weighted by atomic mass is 9.90. The van der Waals surface area contributed by atoms with Gasteiger partial charge in [0.1, 0.15) is 11.5 Å². The Bertz CT molecular complexity index is 1160. The second-order valence-electron chi connectivity index (χ2n) is 7.73. The Morgan fingerprint density at radius 1 is 0.588 bits per heavy atom. The molecule has 10 heteroatoms. The molecule has 0 saturated heterocycles. The highest BCUT2D eigenvalue weighted by Gasteiger charge is 2.24. The minimum atomic E-state index is -0.877. The fraction of sp³-hybridized carbons (Fsp3) is 0.167. The molecule has 176 valence electrons. The molecule has 1 aliphatic rings. The van der Waals surface area contributed by atoms with E-state index in [1.807, 2.05) is 0 Å². The molecule has 6 N–H and O–H groups in total. The first-order valence-electron chi connectivity index (χ1n) is 10.2. The number of carbonyl (C=O) groups excluding carboxylic acids is 2. The molecule has 1 aliphatic carbocycles. The minimum absolute atomic E-state index is 0.181. The van der Waals surface area contributed by atoms with Crippen LogP contribution in [0.3, 0.4) is 0 Å². The van der Waals surface area contributed by atoms with Gasteiger partial charge < -0.3 is 40.1 Å². The van der Waals surface area contributed by atoms with Crippen molar-refractivity contribution >= 4 is 11.9 Å². The molecule has 4 rings (SSSR count). The van der Waals surface area contributed by atoms with E-state index in [0.717, 1.165) is 37.1 Å². The second-order valence-corrected chi connectivity index (χ2v) is 7.73. The van der Waals surface area contributed by atoms with Gasteiger partial charge in [0.15, 0.2) is 34.5 Å². The second kappa shape index (κ2) is 8.74. The molecule has 0 fully saturated rings. The maximum atomic E-state index is 12.6. The molecule has 0 aromatic heterocycles. The third-order valence-electron chi connectivity index (χ3n) is 5.46. The van der Waals surface area contributed by atoms with Gasteiger partial charge in [-0.05, 0) is 62.1 Å². The van der Waals surface area contributed by atoms with Crippen molar-refractivity contribution in [3.63, 3.8) is 0 Å². The quantitative estimate of drug-likeness (QED) is 0.189. The van der Waals surface area contributed by atoms with Gasteiger partial charge in [-0.1, -0.05) is 0 Å². The van der Waals surface area contributed by atoms with Crippen molar-refractivity contribution < 1.29 is 49.7 Å². The number of phenols is 6. The zero-order valence-electron chi connectivity index (χ0n) is 17.6. The van der Waals surface area contributed by atoms with Crippen molar-refractivity contribution in [3.05, 3.63) is 58.7 Å². The Labute approximate surface area is 192 Å². The maximum Gasteiger partial charge on any atom is 0.343 e. The molecule has 34 heavy (non-hydrogen) atoms. The predicted octanol–water partition coefficient (Wildman–Crippen LogP) is 3.24. The number of rotatable bonds is 4. The van der Waals surface area contributed by atoms with Crippen LogP contribution in [0.1, 0.15) is 44.7 Å². The number of fused-ring (bicyclic) bond motifs is 1. The van der Waals surface area contributed by atoms with Gasteiger partial charge in [-0.15, -0.1) is 0 Å². The van der Waals surface area contributed by atoms with Crippen LogP contribution in [0.25, 0.3) is 0 Å². The summed E-state index contributed by atoms with van der Waals surface area (Å²) in [6.45, 7) is 0. The van der Waals surface area contributed by atoms with Gasteiger partial charge in [0.2, 0.25) is 0 Å². The highest BCUT2D eigenvalue weighted by Crippen LogP contribution is 2.39. The number of hydrogen-bond acceptors (Lipinski definition) is 10. The largest absolute Gasteiger partial charge is 0.504 e. The summed E-state index contributed by atoms with van der Waals surface area (Å²) in [4.78, 5) is 25.2. The van der Waals surface area contributed by atoms with Crippen LogP contribution in [0, 0.1) is 0 Å². The van der Waals surface area contributed by atoms with E-state index < -0.39 is 46.4 Å². The molecule has 0 unspecified atom stereocenters. The van der Waals surface area contributed by atoms with E-state index in [1.54, 1.807) is 0 Å². The Balaban J connectivity index is 1.62. The lowest BCUT2D eigenvalue weighted by molar-refractivity contribution is 0.0715. The van der Waals surface area contributed by atoms with Gasteiger partial charge in [0, 0.05) is 11.1 Å². The molecular formula is C24H20O10. The van der Waals surface area contributed by atoms with Crippen molar-refractivity contribution in [2.45, 2.75) is 25.7 Å². The SMILES string of the molecule is O=C(Oc1ccc(OC(=O)c2cc(O)c(O)c(O)c2)c2c1CCCC2)c1cc(O)c(O)c(O)c1. The van der Waals surface area contributed by atoms with Crippen LogP contribution in [-0.2, 0) is 12.8 Å². The number of ether oxygens (including phenoxy) is 2. The van der Waals surface area contributed by atoms with E-state index in [1.165, 1.54) is 12.1 Å². The third-order valence-corrected chi connectivity index (χ3v) is 5.46. The Morgan fingerprint density at radius 3 is 1.24 bits per heavy atom. The highest BCUT2D eigenvalue weighted by molar-refractivity contribution is 5.94. The van der Waals surface area contributed by atoms with Gasteiger partial charge in [-0.25, -0.2) is 9.59 Å². The van der Waals surface area contributed by atoms with Crippen molar-refractivity contribution in [1.82, 2.24) is 0 Å². The molecule has 0 heterocycles. The summed E-state index contributed by atoms with van der Waals surface area (Å²) in [5.41, 5.74) is 0.932. The monoisotopic (exact) mass is 468 g/mol. The van der Waals surface area contributed by atoms with Crippen LogP contribution in [0.5, 0.6) is 46.0 Å². The fourth-order valence-electron chi connectivity index (χ4n) is 3.75. The van der Waals surface area contributed by atoms with Crippen molar-refractivity contribution in [1.29, 1.82) is 0 Å². The van der Waals surface area contributed by atoms with Gasteiger partial charge in [0.05, 0.1) is 11.1 Å². The summed E-state index contributed by atoms with van der Waals surface area (Å²) in [5, 5.41) is 57.5. The topological polar surface area (TPSA) is 174 Å². The van der Waals surface area contributed by atoms with E-state index in [-0.39, 0.29) is 22.6 Å². The first kappa shape index (κ1) is 22.6. The lowest BCUT2D eigenvalue weighted by Crippen LogP contribution is -2.15. The van der Waals surface area contributed by atoms with Gasteiger partial charge in [-0.2, -0.15) is 0 Å². The molecule has 0 saturated carbocycles. The van der Waals surface area contributed by atoms with Crippen LogP contribution >= 0.6 is 0 Å². The molecule has 0 atom stereocenters. The standard InChI is InChI=1S/C24H20O10/c25-15-7-11(8-16(26)21(15)29)23(31)33-19-5-6-20(14-4-2-1-3-13(14)19)34-24(32)12-9-17(27)22(30)18(28)10-12/h5-10,25-30H,1-4H2. The van der Waals surface area contributed by atoms with Crippen LogP contribution in [0.2, 0.25) is 0 Å². The summed E-state index contributed by atoms with van der Waals surface area (Å²) in [6, 6.07) is 6.73.